The zero-order valence-corrected chi connectivity index (χ0v) is 10.9. The summed E-state index contributed by atoms with van der Waals surface area (Å²) in [6.07, 6.45) is 0. The van der Waals surface area contributed by atoms with Crippen molar-refractivity contribution in [3.63, 3.8) is 0 Å². The Morgan fingerprint density at radius 1 is 0.714 bits per heavy atom. The number of hydrogen-bond acceptors (Lipinski definition) is 7. The Bertz CT molecular complexity index is 124. The summed E-state index contributed by atoms with van der Waals surface area (Å²) < 4.78 is 18.2. The second-order valence-corrected chi connectivity index (χ2v) is 6.54. The van der Waals surface area contributed by atoms with Gasteiger partial charge in [-0.3, -0.25) is 0 Å². The van der Waals surface area contributed by atoms with Gasteiger partial charge in [-0.05, 0) is 0 Å². The molecule has 0 radical (unpaired) electrons. The largest absolute Gasteiger partial charge is 0.861 e. The van der Waals surface area contributed by atoms with Crippen molar-refractivity contribution in [3.05, 3.63) is 0 Å². The Hall–Kier alpha value is 0.154. The average molecular weight is 243 g/mol. The van der Waals surface area contributed by atoms with Gasteiger partial charge in [0.05, 0.1) is 0 Å². The molecule has 0 saturated heterocycles. The summed E-state index contributed by atoms with van der Waals surface area (Å²) in [6, 6.07) is 0. The number of rotatable bonds is 4. The first-order valence-electron chi connectivity index (χ1n) is 3.56. The van der Waals surface area contributed by atoms with Crippen molar-refractivity contribution in [2.75, 3.05) is 28.4 Å². The Morgan fingerprint density at radius 2 is 0.929 bits per heavy atom. The first-order chi connectivity index (χ1) is 6.24. The van der Waals surface area contributed by atoms with Gasteiger partial charge in [-0.2, -0.15) is 0 Å². The van der Waals surface area contributed by atoms with Crippen molar-refractivity contribution in [2.24, 2.45) is 0 Å². The fourth-order valence-electron chi connectivity index (χ4n) is 0.250. The smallest absolute Gasteiger partial charge is 0.496 e. The molecule has 0 unspecified atom stereocenters. The van der Waals surface area contributed by atoms with Crippen LogP contribution in [0.25, 0.3) is 0 Å². The highest BCUT2D eigenvalue weighted by atomic mass is 28.4. The van der Waals surface area contributed by atoms with Gasteiger partial charge in [0.1, 0.15) is 0 Å². The summed E-state index contributed by atoms with van der Waals surface area (Å²) in [5, 5.41) is 0. The second kappa shape index (κ2) is 7.45. The van der Waals surface area contributed by atoms with Crippen LogP contribution in [0.15, 0.2) is 0 Å². The van der Waals surface area contributed by atoms with Crippen LogP contribution in [0.2, 0.25) is 6.55 Å². The molecule has 0 N–H and O–H groups in total. The lowest BCUT2D eigenvalue weighted by Gasteiger charge is -2.52. The van der Waals surface area contributed by atoms with Gasteiger partial charge in [0.25, 0.3) is 0 Å². The van der Waals surface area contributed by atoms with E-state index in [1.54, 1.807) is 21.3 Å². The van der Waals surface area contributed by atoms with E-state index in [1.165, 1.54) is 0 Å². The Labute approximate surface area is 85.7 Å². The molecule has 0 aromatic carbocycles. The zero-order valence-electron chi connectivity index (χ0n) is 8.86. The van der Waals surface area contributed by atoms with Gasteiger partial charge in [-0.1, -0.05) is 0 Å². The summed E-state index contributed by atoms with van der Waals surface area (Å²) >= 11 is 0. The molecule has 88 valence electrons. The summed E-state index contributed by atoms with van der Waals surface area (Å²) in [6.45, 7) is 1.83. The molecule has 0 rings (SSSR count). The van der Waals surface area contributed by atoms with Crippen LogP contribution in [0.4, 0.5) is 0 Å². The maximum Gasteiger partial charge on any atom is 0.496 e. The predicted molar refractivity (Wildman–Crippen MR) is 45.4 cm³/mol. The minimum atomic E-state index is -4.88. The molecular formula is C5H15O7Si2-3. The van der Waals surface area contributed by atoms with Crippen molar-refractivity contribution in [1.29, 1.82) is 0 Å². The number of hydrogen-bond donors (Lipinski definition) is 0. The lowest BCUT2D eigenvalue weighted by molar-refractivity contribution is -0.539. The lowest BCUT2D eigenvalue weighted by atomic mass is 11.8. The SMILES string of the molecule is CO[Si](C)(OC)OC.CO[Si]([O-])([O-])[O-]. The van der Waals surface area contributed by atoms with E-state index in [0.717, 1.165) is 7.11 Å². The third-order valence-electron chi connectivity index (χ3n) is 1.36. The van der Waals surface area contributed by atoms with E-state index >= 15 is 0 Å². The topological polar surface area (TPSA) is 106 Å². The van der Waals surface area contributed by atoms with Crippen LogP contribution < -0.4 is 14.4 Å². The van der Waals surface area contributed by atoms with Crippen molar-refractivity contribution in [1.82, 2.24) is 0 Å². The van der Waals surface area contributed by atoms with E-state index in [0.29, 0.717) is 0 Å². The monoisotopic (exact) mass is 243 g/mol. The molecule has 0 aliphatic carbocycles. The molecule has 0 fully saturated rings. The van der Waals surface area contributed by atoms with Gasteiger partial charge in [-0.15, -0.1) is 9.05 Å². The van der Waals surface area contributed by atoms with E-state index in [2.05, 4.69) is 4.43 Å². The fourth-order valence-corrected chi connectivity index (χ4v) is 0.750. The zero-order chi connectivity index (χ0) is 11.8. The molecular weight excluding hydrogens is 228 g/mol. The van der Waals surface area contributed by atoms with E-state index in [1.807, 2.05) is 6.55 Å². The molecule has 0 bridgehead atoms. The maximum atomic E-state index is 9.28. The van der Waals surface area contributed by atoms with Crippen molar-refractivity contribution in [2.45, 2.75) is 6.55 Å². The normalized spacial score (nSPS) is 12.0. The van der Waals surface area contributed by atoms with Crippen molar-refractivity contribution < 1.29 is 32.1 Å². The summed E-state index contributed by atoms with van der Waals surface area (Å²) in [5.41, 5.74) is 0. The van der Waals surface area contributed by atoms with E-state index < -0.39 is 17.9 Å². The lowest BCUT2D eigenvalue weighted by Crippen LogP contribution is -2.74. The van der Waals surface area contributed by atoms with Crippen LogP contribution >= 0.6 is 0 Å². The molecule has 7 nitrogen and oxygen atoms in total. The molecule has 0 aliphatic heterocycles. The molecule has 0 aromatic rings. The molecule has 0 aromatic heterocycles. The van der Waals surface area contributed by atoms with Gasteiger partial charge >= 0.3 is 8.80 Å². The molecule has 0 spiro atoms. The van der Waals surface area contributed by atoms with Crippen LogP contribution in [-0.2, 0) is 17.7 Å². The highest BCUT2D eigenvalue weighted by molar-refractivity contribution is 6.58. The third-order valence-corrected chi connectivity index (χ3v) is 4.09. The molecule has 0 amide bonds. The minimum absolute atomic E-state index is 0.833. The molecule has 0 saturated carbocycles. The van der Waals surface area contributed by atoms with Gasteiger partial charge in [0.15, 0.2) is 0 Å². The molecule has 0 aliphatic rings. The predicted octanol–water partition coefficient (Wildman–Crippen LogP) is -3.36. The minimum Gasteiger partial charge on any atom is -0.861 e. The van der Waals surface area contributed by atoms with E-state index in [9.17, 15) is 14.4 Å². The van der Waals surface area contributed by atoms with Crippen molar-refractivity contribution >= 4 is 17.9 Å². The first-order valence-corrected chi connectivity index (χ1v) is 7.42. The van der Waals surface area contributed by atoms with E-state index in [4.69, 9.17) is 13.3 Å². The van der Waals surface area contributed by atoms with Gasteiger partial charge < -0.3 is 32.1 Å². The third kappa shape index (κ3) is 10.2. The quantitative estimate of drug-likeness (QED) is 0.475. The van der Waals surface area contributed by atoms with Crippen LogP contribution in [0, 0.1) is 0 Å². The Balaban J connectivity index is 0. The summed E-state index contributed by atoms with van der Waals surface area (Å²) in [4.78, 5) is 27.8. The van der Waals surface area contributed by atoms with Crippen molar-refractivity contribution in [3.8, 4) is 0 Å². The van der Waals surface area contributed by atoms with Crippen LogP contribution in [0.1, 0.15) is 0 Å². The maximum absolute atomic E-state index is 9.28. The van der Waals surface area contributed by atoms with E-state index in [-0.39, 0.29) is 0 Å². The van der Waals surface area contributed by atoms with Gasteiger partial charge in [-0.25, -0.2) is 0 Å². The Kier molecular flexibility index (Phi) is 8.82. The van der Waals surface area contributed by atoms with Gasteiger partial charge in [0, 0.05) is 35.0 Å². The average Bonchev–Trinajstić information content (AvgIpc) is 2.16. The van der Waals surface area contributed by atoms with Gasteiger partial charge in [0.2, 0.25) is 0 Å². The standard InChI is InChI=1S/C4H12O3Si.CH3O4Si/c1-5-8(4,6-2)7-3;1-5-6(2,3)4/h1-4H3;1H3/q;-3. The Morgan fingerprint density at radius 3 is 0.929 bits per heavy atom. The van der Waals surface area contributed by atoms with Crippen LogP contribution in [0.3, 0.4) is 0 Å². The summed E-state index contributed by atoms with van der Waals surface area (Å²) in [7, 11) is -1.47. The highest BCUT2D eigenvalue weighted by Gasteiger charge is 2.29. The second-order valence-electron chi connectivity index (χ2n) is 2.18. The van der Waals surface area contributed by atoms with Crippen LogP contribution in [-0.4, -0.2) is 46.3 Å². The molecule has 9 heteroatoms. The summed E-state index contributed by atoms with van der Waals surface area (Å²) in [5.74, 6) is 0. The highest BCUT2D eigenvalue weighted by Crippen LogP contribution is 2.02. The molecule has 0 heterocycles. The first kappa shape index (κ1) is 16.6. The molecule has 14 heavy (non-hydrogen) atoms. The van der Waals surface area contributed by atoms with Crippen LogP contribution in [0.5, 0.6) is 0 Å². The fraction of sp³-hybridized carbons (Fsp3) is 1.00. The molecule has 0 atom stereocenters.